The number of benzene rings is 1. The molecule has 1 fully saturated rings. The van der Waals surface area contributed by atoms with Gasteiger partial charge >= 0.3 is 0 Å². The molecule has 0 spiro atoms. The Morgan fingerprint density at radius 1 is 1.14 bits per heavy atom. The van der Waals surface area contributed by atoms with E-state index in [1.807, 2.05) is 12.1 Å². The molecule has 0 saturated carbocycles. The lowest BCUT2D eigenvalue weighted by molar-refractivity contribution is 0.313. The van der Waals surface area contributed by atoms with Gasteiger partial charge in [0.25, 0.3) is 0 Å². The molecule has 0 radical (unpaired) electrons. The number of thiophene rings is 1. The highest BCUT2D eigenvalue weighted by molar-refractivity contribution is 7.13. The van der Waals surface area contributed by atoms with Gasteiger partial charge < -0.3 is 9.80 Å². The molecule has 1 aromatic heterocycles. The van der Waals surface area contributed by atoms with Crippen molar-refractivity contribution in [3.8, 4) is 10.4 Å². The van der Waals surface area contributed by atoms with Crippen molar-refractivity contribution >= 4 is 22.7 Å². The molecule has 4 nitrogen and oxygen atoms in total. The van der Waals surface area contributed by atoms with E-state index in [9.17, 15) is 4.91 Å². The highest BCUT2D eigenvalue weighted by Gasteiger charge is 2.17. The van der Waals surface area contributed by atoms with E-state index in [2.05, 4.69) is 46.5 Å². The first-order valence-corrected chi connectivity index (χ1v) is 8.02. The number of anilines is 1. The second kappa shape index (κ2) is 5.95. The molecular formula is C16H19N3OS. The van der Waals surface area contributed by atoms with E-state index in [1.54, 1.807) is 11.3 Å². The Labute approximate surface area is 129 Å². The predicted molar refractivity (Wildman–Crippen MR) is 89.7 cm³/mol. The van der Waals surface area contributed by atoms with E-state index >= 15 is 0 Å². The highest BCUT2D eigenvalue weighted by atomic mass is 32.1. The maximum absolute atomic E-state index is 11.1. The zero-order valence-corrected chi connectivity index (χ0v) is 13.2. The van der Waals surface area contributed by atoms with Crippen LogP contribution in [0.5, 0.6) is 0 Å². The standard InChI is InChI=1S/C16H19N3OS/c1-12-5-10-21-16(12)14-11-13(3-4-15(14)17-20)19-8-6-18(2)7-9-19/h3-5,10-11H,6-9H2,1-2H3. The van der Waals surface area contributed by atoms with Crippen LogP contribution in [-0.4, -0.2) is 38.1 Å². The van der Waals surface area contributed by atoms with Gasteiger partial charge in [-0.15, -0.1) is 16.2 Å². The molecule has 1 saturated heterocycles. The van der Waals surface area contributed by atoms with E-state index in [4.69, 9.17) is 0 Å². The number of nitroso groups, excluding NO2 is 1. The van der Waals surface area contributed by atoms with Crippen molar-refractivity contribution in [1.29, 1.82) is 0 Å². The molecule has 0 atom stereocenters. The van der Waals surface area contributed by atoms with E-state index in [-0.39, 0.29) is 0 Å². The smallest absolute Gasteiger partial charge is 0.116 e. The molecule has 0 amide bonds. The molecule has 0 bridgehead atoms. The molecule has 0 N–H and O–H groups in total. The van der Waals surface area contributed by atoms with Crippen LogP contribution in [0.15, 0.2) is 34.8 Å². The van der Waals surface area contributed by atoms with Gasteiger partial charge in [0.15, 0.2) is 0 Å². The Hall–Kier alpha value is -1.72. The van der Waals surface area contributed by atoms with Crippen molar-refractivity contribution in [2.75, 3.05) is 38.1 Å². The fraction of sp³-hybridized carbons (Fsp3) is 0.375. The average Bonchev–Trinajstić information content (AvgIpc) is 2.93. The number of rotatable bonds is 3. The van der Waals surface area contributed by atoms with Crippen LogP contribution in [0.1, 0.15) is 5.56 Å². The van der Waals surface area contributed by atoms with Crippen LogP contribution >= 0.6 is 11.3 Å². The fourth-order valence-electron chi connectivity index (χ4n) is 2.70. The zero-order valence-electron chi connectivity index (χ0n) is 12.4. The van der Waals surface area contributed by atoms with Gasteiger partial charge in [0, 0.05) is 42.3 Å². The average molecular weight is 301 g/mol. The molecule has 1 aliphatic heterocycles. The molecule has 110 valence electrons. The molecule has 0 unspecified atom stereocenters. The van der Waals surface area contributed by atoms with Gasteiger partial charge in [-0.3, -0.25) is 0 Å². The van der Waals surface area contributed by atoms with Gasteiger partial charge in [-0.05, 0) is 54.4 Å². The van der Waals surface area contributed by atoms with Gasteiger partial charge in [-0.2, -0.15) is 0 Å². The highest BCUT2D eigenvalue weighted by Crippen LogP contribution is 2.38. The van der Waals surface area contributed by atoms with Gasteiger partial charge in [-0.25, -0.2) is 0 Å². The molecule has 0 aliphatic carbocycles. The third-order valence-corrected chi connectivity index (χ3v) is 5.10. The number of aryl methyl sites for hydroxylation is 1. The largest absolute Gasteiger partial charge is 0.369 e. The third-order valence-electron chi connectivity index (χ3n) is 4.05. The molecular weight excluding hydrogens is 282 g/mol. The summed E-state index contributed by atoms with van der Waals surface area (Å²) >= 11 is 1.66. The van der Waals surface area contributed by atoms with Crippen LogP contribution in [0.4, 0.5) is 11.4 Å². The summed E-state index contributed by atoms with van der Waals surface area (Å²) in [5.41, 5.74) is 3.85. The number of nitrogens with zero attached hydrogens (tertiary/aromatic N) is 3. The van der Waals surface area contributed by atoms with Crippen molar-refractivity contribution in [3.63, 3.8) is 0 Å². The number of hydrogen-bond donors (Lipinski definition) is 0. The summed E-state index contributed by atoms with van der Waals surface area (Å²) in [6.07, 6.45) is 0. The Balaban J connectivity index is 1.97. The molecule has 1 aliphatic rings. The minimum atomic E-state index is 0.526. The predicted octanol–water partition coefficient (Wildman–Crippen LogP) is 3.87. The van der Waals surface area contributed by atoms with Crippen molar-refractivity contribution in [2.24, 2.45) is 5.18 Å². The van der Waals surface area contributed by atoms with Crippen LogP contribution in [0, 0.1) is 11.8 Å². The summed E-state index contributed by atoms with van der Waals surface area (Å²) in [5.74, 6) is 0. The summed E-state index contributed by atoms with van der Waals surface area (Å²) in [7, 11) is 2.15. The van der Waals surface area contributed by atoms with Gasteiger partial charge in [0.05, 0.1) is 0 Å². The second-order valence-corrected chi connectivity index (χ2v) is 6.43. The Morgan fingerprint density at radius 2 is 1.90 bits per heavy atom. The Kier molecular flexibility index (Phi) is 4.03. The van der Waals surface area contributed by atoms with Crippen LogP contribution in [0.3, 0.4) is 0 Å². The van der Waals surface area contributed by atoms with Gasteiger partial charge in [-0.1, -0.05) is 0 Å². The first-order chi connectivity index (χ1) is 10.2. The zero-order chi connectivity index (χ0) is 14.8. The van der Waals surface area contributed by atoms with Gasteiger partial charge in [0.2, 0.25) is 0 Å². The van der Waals surface area contributed by atoms with E-state index in [1.165, 1.54) is 11.3 Å². The SMILES string of the molecule is Cc1ccsc1-c1cc(N2CCN(C)CC2)ccc1N=O. The molecule has 21 heavy (non-hydrogen) atoms. The number of likely N-dealkylation sites (N-methyl/N-ethyl adjacent to an activating group) is 1. The summed E-state index contributed by atoms with van der Waals surface area (Å²) < 4.78 is 0. The van der Waals surface area contributed by atoms with Crippen LogP contribution < -0.4 is 4.90 Å². The molecule has 2 aromatic rings. The van der Waals surface area contributed by atoms with Crippen LogP contribution in [0.2, 0.25) is 0 Å². The monoisotopic (exact) mass is 301 g/mol. The Bertz CT molecular complexity index is 645. The first kappa shape index (κ1) is 14.2. The number of piperazine rings is 1. The quantitative estimate of drug-likeness (QED) is 0.807. The van der Waals surface area contributed by atoms with Crippen LogP contribution in [0.25, 0.3) is 10.4 Å². The number of hydrogen-bond acceptors (Lipinski definition) is 5. The topological polar surface area (TPSA) is 35.9 Å². The van der Waals surface area contributed by atoms with Crippen molar-refractivity contribution in [2.45, 2.75) is 6.92 Å². The third kappa shape index (κ3) is 2.84. The van der Waals surface area contributed by atoms with Gasteiger partial charge in [0.1, 0.15) is 5.69 Å². The molecule has 5 heteroatoms. The first-order valence-electron chi connectivity index (χ1n) is 7.14. The van der Waals surface area contributed by atoms with Crippen molar-refractivity contribution in [3.05, 3.63) is 40.1 Å². The van der Waals surface area contributed by atoms with Crippen LogP contribution in [-0.2, 0) is 0 Å². The summed E-state index contributed by atoms with van der Waals surface area (Å²) in [4.78, 5) is 16.9. The van der Waals surface area contributed by atoms with E-state index in [0.717, 1.165) is 36.6 Å². The molecule has 1 aromatic carbocycles. The molecule has 3 rings (SSSR count). The minimum Gasteiger partial charge on any atom is -0.369 e. The minimum absolute atomic E-state index is 0.526. The fourth-order valence-corrected chi connectivity index (χ4v) is 3.65. The summed E-state index contributed by atoms with van der Waals surface area (Å²) in [6, 6.07) is 8.04. The lowest BCUT2D eigenvalue weighted by Crippen LogP contribution is -2.44. The summed E-state index contributed by atoms with van der Waals surface area (Å²) in [5, 5.41) is 5.25. The maximum atomic E-state index is 11.1. The molecule has 2 heterocycles. The Morgan fingerprint density at radius 3 is 2.52 bits per heavy atom. The van der Waals surface area contributed by atoms with Crippen molar-refractivity contribution in [1.82, 2.24) is 4.90 Å². The lowest BCUT2D eigenvalue weighted by Gasteiger charge is -2.34. The van der Waals surface area contributed by atoms with E-state index in [0.29, 0.717) is 5.69 Å². The second-order valence-electron chi connectivity index (χ2n) is 5.52. The normalized spacial score (nSPS) is 16.2. The maximum Gasteiger partial charge on any atom is 0.116 e. The van der Waals surface area contributed by atoms with Crippen molar-refractivity contribution < 1.29 is 0 Å². The van der Waals surface area contributed by atoms with E-state index < -0.39 is 0 Å². The summed E-state index contributed by atoms with van der Waals surface area (Å²) in [6.45, 7) is 6.26. The lowest BCUT2D eigenvalue weighted by atomic mass is 10.1.